The van der Waals surface area contributed by atoms with Crippen LogP contribution in [0.15, 0.2) is 18.2 Å². The second-order valence-corrected chi connectivity index (χ2v) is 4.79. The summed E-state index contributed by atoms with van der Waals surface area (Å²) in [5.41, 5.74) is 0.156. The van der Waals surface area contributed by atoms with Crippen LogP contribution >= 0.6 is 0 Å². The molecule has 1 N–H and O–H groups in total. The van der Waals surface area contributed by atoms with Gasteiger partial charge in [0.2, 0.25) is 0 Å². The van der Waals surface area contributed by atoms with E-state index in [0.717, 1.165) is 12.1 Å². The second-order valence-electron chi connectivity index (χ2n) is 4.79. The van der Waals surface area contributed by atoms with E-state index in [-0.39, 0.29) is 5.56 Å². The van der Waals surface area contributed by atoms with E-state index >= 15 is 0 Å². The molecule has 7 heteroatoms. The number of alkyl halides is 3. The van der Waals surface area contributed by atoms with Gasteiger partial charge in [0.25, 0.3) is 0 Å². The molecule has 2 nitrogen and oxygen atoms in total. The fourth-order valence-electron chi connectivity index (χ4n) is 2.39. The van der Waals surface area contributed by atoms with Crippen molar-refractivity contribution in [2.24, 2.45) is 0 Å². The summed E-state index contributed by atoms with van der Waals surface area (Å²) < 4.78 is 64.3. The lowest BCUT2D eigenvalue weighted by atomic mass is 10.0. The molecule has 1 aromatic rings. The van der Waals surface area contributed by atoms with Crippen LogP contribution in [0, 0.1) is 11.6 Å². The quantitative estimate of drug-likeness (QED) is 0.862. The first-order chi connectivity index (χ1) is 9.37. The number of halogens is 5. The van der Waals surface area contributed by atoms with E-state index in [9.17, 15) is 22.0 Å². The molecule has 2 rings (SSSR count). The van der Waals surface area contributed by atoms with Gasteiger partial charge in [-0.25, -0.2) is 8.78 Å². The SMILES string of the molecule is Fc1ccc([C@H](CC(F)(F)F)N2CCNCC2)cc1F. The number of piperazine rings is 1. The van der Waals surface area contributed by atoms with Gasteiger partial charge in [0.1, 0.15) is 0 Å². The molecule has 1 aliphatic heterocycles. The topological polar surface area (TPSA) is 15.3 Å². The van der Waals surface area contributed by atoms with Gasteiger partial charge in [-0.15, -0.1) is 0 Å². The predicted octanol–water partition coefficient (Wildman–Crippen LogP) is 2.86. The third kappa shape index (κ3) is 3.89. The zero-order valence-electron chi connectivity index (χ0n) is 10.7. The Kier molecular flexibility index (Phi) is 4.59. The van der Waals surface area contributed by atoms with Crippen LogP contribution in [-0.2, 0) is 0 Å². The van der Waals surface area contributed by atoms with Crippen LogP contribution in [0.25, 0.3) is 0 Å². The minimum Gasteiger partial charge on any atom is -0.314 e. The van der Waals surface area contributed by atoms with Gasteiger partial charge in [-0.1, -0.05) is 6.07 Å². The smallest absolute Gasteiger partial charge is 0.314 e. The zero-order valence-corrected chi connectivity index (χ0v) is 10.7. The average molecular weight is 294 g/mol. The van der Waals surface area contributed by atoms with Gasteiger partial charge in [-0.05, 0) is 17.7 Å². The van der Waals surface area contributed by atoms with Gasteiger partial charge in [0.15, 0.2) is 11.6 Å². The van der Waals surface area contributed by atoms with Gasteiger partial charge < -0.3 is 5.32 Å². The molecule has 1 saturated heterocycles. The standard InChI is InChI=1S/C13H15F5N2/c14-10-2-1-9(7-11(10)15)12(8-13(16,17)18)20-5-3-19-4-6-20/h1-2,7,12,19H,3-6,8H2/t12-/m0/s1. The van der Waals surface area contributed by atoms with Gasteiger partial charge in [0, 0.05) is 32.2 Å². The van der Waals surface area contributed by atoms with Crippen molar-refractivity contribution >= 4 is 0 Å². The normalized spacial score (nSPS) is 19.1. The van der Waals surface area contributed by atoms with E-state index in [0.29, 0.717) is 26.2 Å². The number of nitrogens with one attached hydrogen (secondary N) is 1. The Morgan fingerprint density at radius 2 is 1.75 bits per heavy atom. The summed E-state index contributed by atoms with van der Waals surface area (Å²) in [4.78, 5) is 1.65. The van der Waals surface area contributed by atoms with Crippen molar-refractivity contribution in [1.29, 1.82) is 0 Å². The summed E-state index contributed by atoms with van der Waals surface area (Å²) in [7, 11) is 0. The fraction of sp³-hybridized carbons (Fsp3) is 0.538. The molecular formula is C13H15F5N2. The van der Waals surface area contributed by atoms with Crippen molar-refractivity contribution < 1.29 is 22.0 Å². The Hall–Kier alpha value is -1.21. The van der Waals surface area contributed by atoms with Crippen LogP contribution in [0.1, 0.15) is 18.0 Å². The molecule has 1 aromatic carbocycles. The van der Waals surface area contributed by atoms with Crippen molar-refractivity contribution in [2.45, 2.75) is 18.6 Å². The zero-order chi connectivity index (χ0) is 14.8. The molecule has 0 spiro atoms. The highest BCUT2D eigenvalue weighted by Crippen LogP contribution is 2.34. The van der Waals surface area contributed by atoms with Gasteiger partial charge in [-0.2, -0.15) is 13.2 Å². The summed E-state index contributed by atoms with van der Waals surface area (Å²) >= 11 is 0. The molecule has 112 valence electrons. The van der Waals surface area contributed by atoms with E-state index < -0.39 is 30.3 Å². The van der Waals surface area contributed by atoms with Gasteiger partial charge in [0.05, 0.1) is 6.42 Å². The lowest BCUT2D eigenvalue weighted by molar-refractivity contribution is -0.148. The van der Waals surface area contributed by atoms with Crippen LogP contribution in [0.2, 0.25) is 0 Å². The predicted molar refractivity (Wildman–Crippen MR) is 64.2 cm³/mol. The monoisotopic (exact) mass is 294 g/mol. The molecule has 1 fully saturated rings. The van der Waals surface area contributed by atoms with E-state index in [2.05, 4.69) is 5.32 Å². The molecule has 0 radical (unpaired) electrons. The van der Waals surface area contributed by atoms with Crippen LogP contribution in [0.4, 0.5) is 22.0 Å². The Labute approximate surface area is 113 Å². The molecule has 0 unspecified atom stereocenters. The molecular weight excluding hydrogens is 279 g/mol. The molecule has 0 aliphatic carbocycles. The molecule has 0 aromatic heterocycles. The van der Waals surface area contributed by atoms with Gasteiger partial charge in [-0.3, -0.25) is 4.90 Å². The highest BCUT2D eigenvalue weighted by atomic mass is 19.4. The fourth-order valence-corrected chi connectivity index (χ4v) is 2.39. The van der Waals surface area contributed by atoms with Crippen molar-refractivity contribution in [1.82, 2.24) is 10.2 Å². The summed E-state index contributed by atoms with van der Waals surface area (Å²) in [5.74, 6) is -2.18. The molecule has 0 amide bonds. The Bertz CT molecular complexity index is 455. The van der Waals surface area contributed by atoms with Crippen molar-refractivity contribution in [3.8, 4) is 0 Å². The summed E-state index contributed by atoms with van der Waals surface area (Å²) in [6, 6.07) is 1.97. The molecule has 1 atom stereocenters. The summed E-state index contributed by atoms with van der Waals surface area (Å²) in [5, 5.41) is 3.05. The number of benzene rings is 1. The Balaban J connectivity index is 2.26. The number of rotatable bonds is 3. The minimum absolute atomic E-state index is 0.156. The summed E-state index contributed by atoms with van der Waals surface area (Å²) in [6.45, 7) is 2.05. The maximum Gasteiger partial charge on any atom is 0.390 e. The highest BCUT2D eigenvalue weighted by Gasteiger charge is 2.36. The maximum atomic E-state index is 13.3. The molecule has 1 heterocycles. The number of nitrogens with zero attached hydrogens (tertiary/aromatic N) is 1. The van der Waals surface area contributed by atoms with Crippen molar-refractivity contribution in [3.63, 3.8) is 0 Å². The van der Waals surface area contributed by atoms with Crippen LogP contribution < -0.4 is 5.32 Å². The third-order valence-electron chi connectivity index (χ3n) is 3.35. The first-order valence-corrected chi connectivity index (χ1v) is 6.33. The number of hydrogen-bond acceptors (Lipinski definition) is 2. The third-order valence-corrected chi connectivity index (χ3v) is 3.35. The Morgan fingerprint density at radius 1 is 1.10 bits per heavy atom. The molecule has 0 saturated carbocycles. The largest absolute Gasteiger partial charge is 0.390 e. The Morgan fingerprint density at radius 3 is 2.30 bits per heavy atom. The molecule has 20 heavy (non-hydrogen) atoms. The first kappa shape index (κ1) is 15.2. The van der Waals surface area contributed by atoms with Crippen LogP contribution in [0.5, 0.6) is 0 Å². The second kappa shape index (κ2) is 6.05. The minimum atomic E-state index is -4.36. The molecule has 1 aliphatic rings. The maximum absolute atomic E-state index is 13.3. The molecule has 0 bridgehead atoms. The highest BCUT2D eigenvalue weighted by molar-refractivity contribution is 5.22. The van der Waals surface area contributed by atoms with E-state index in [1.807, 2.05) is 0 Å². The van der Waals surface area contributed by atoms with Crippen LogP contribution in [0.3, 0.4) is 0 Å². The number of hydrogen-bond donors (Lipinski definition) is 1. The van der Waals surface area contributed by atoms with E-state index in [4.69, 9.17) is 0 Å². The van der Waals surface area contributed by atoms with Crippen LogP contribution in [-0.4, -0.2) is 37.3 Å². The summed E-state index contributed by atoms with van der Waals surface area (Å²) in [6.07, 6.45) is -5.43. The van der Waals surface area contributed by atoms with E-state index in [1.165, 1.54) is 6.07 Å². The van der Waals surface area contributed by atoms with Crippen molar-refractivity contribution in [3.05, 3.63) is 35.4 Å². The first-order valence-electron chi connectivity index (χ1n) is 6.33. The van der Waals surface area contributed by atoms with E-state index in [1.54, 1.807) is 4.90 Å². The van der Waals surface area contributed by atoms with Gasteiger partial charge >= 0.3 is 6.18 Å². The van der Waals surface area contributed by atoms with Crippen molar-refractivity contribution in [2.75, 3.05) is 26.2 Å². The lowest BCUT2D eigenvalue weighted by Gasteiger charge is -2.35. The lowest BCUT2D eigenvalue weighted by Crippen LogP contribution is -2.46. The average Bonchev–Trinajstić information content (AvgIpc) is 2.39.